The minimum atomic E-state index is -0.992. The zero-order valence-corrected chi connectivity index (χ0v) is 41.3. The standard InChI is InChI=1S/C21H17N3O4.C12H9N3O.C9H9ClO3.C6H6N2O2.C6H7NO/c1-26-17-8-7-13(11-18(17)27-2)20(25)24-19-12-14(9-10-22-19)21-23-15-5-3-4-6-16(15)28-21;13-11-7-8(5-6-14-11)12-15-9-3-1-2-4-10(9)16-12;1-12-7-4-3-6(9(10)11)5-8(7)13-2;7-5-3-4(6(9)10)1-2-8-5;7-5-3-1-2-4-6(5)8/h3-12H,1-2H3,(H,22,24,25);1-7H,(H2,13,14);3-5H,1-2H3;1-3H,(H2,7,8)(H,9,10);1-4,8H,7H2. The molecule has 0 unspecified atom stereocenters. The van der Waals surface area contributed by atoms with Gasteiger partial charge in [-0.1, -0.05) is 36.4 Å². The maximum absolute atomic E-state index is 12.6. The molecule has 0 bridgehead atoms. The molecule has 10 rings (SSSR count). The van der Waals surface area contributed by atoms with E-state index >= 15 is 0 Å². The lowest BCUT2D eigenvalue weighted by molar-refractivity contribution is 0.0696. The number of rotatable bonds is 10. The van der Waals surface area contributed by atoms with E-state index in [0.29, 0.717) is 74.4 Å². The van der Waals surface area contributed by atoms with Crippen LogP contribution in [0, 0.1) is 0 Å². The average molecular weight is 1030 g/mol. The Morgan fingerprint density at radius 1 is 0.533 bits per heavy atom. The number of fused-ring (bicyclic) bond motifs is 2. The van der Waals surface area contributed by atoms with Crippen LogP contribution < -0.4 is 41.5 Å². The van der Waals surface area contributed by atoms with Crippen LogP contribution >= 0.6 is 11.6 Å². The van der Waals surface area contributed by atoms with E-state index in [1.807, 2.05) is 54.6 Å². The predicted molar refractivity (Wildman–Crippen MR) is 284 cm³/mol. The van der Waals surface area contributed by atoms with Crippen LogP contribution in [0.2, 0.25) is 0 Å². The van der Waals surface area contributed by atoms with E-state index < -0.39 is 11.2 Å². The molecule has 0 saturated heterocycles. The second-order valence-corrected chi connectivity index (χ2v) is 15.4. The normalized spacial score (nSPS) is 10.1. The van der Waals surface area contributed by atoms with Gasteiger partial charge in [0.05, 0.1) is 39.7 Å². The summed E-state index contributed by atoms with van der Waals surface area (Å²) in [5.41, 5.74) is 22.1. The molecule has 5 heterocycles. The predicted octanol–water partition coefficient (Wildman–Crippen LogP) is 10.1. The SMILES string of the molecule is COc1ccc(C(=O)Cl)cc1OC.COc1ccc(C(=O)Nc2cc(-c3nc4ccccc4o3)ccn2)cc1OC.Nc1cc(-c2nc3ccccc3o2)ccn1.Nc1cc(C(=O)O)ccn1.Nc1ccccc1O. The van der Waals surface area contributed by atoms with Crippen LogP contribution in [0.1, 0.15) is 31.1 Å². The van der Waals surface area contributed by atoms with E-state index in [4.69, 9.17) is 66.8 Å². The number of nitrogen functional groups attached to an aromatic ring is 3. The molecule has 0 aliphatic heterocycles. The number of carboxylic acids is 1. The van der Waals surface area contributed by atoms with Crippen LogP contribution in [0.25, 0.3) is 45.1 Å². The number of nitrogens with two attached hydrogens (primary N) is 3. The van der Waals surface area contributed by atoms with Crippen LogP contribution in [-0.2, 0) is 0 Å². The van der Waals surface area contributed by atoms with Gasteiger partial charge in [-0.25, -0.2) is 29.7 Å². The summed E-state index contributed by atoms with van der Waals surface area (Å²) in [6, 6.07) is 41.3. The van der Waals surface area contributed by atoms with Gasteiger partial charge >= 0.3 is 5.97 Å². The number of para-hydroxylation sites is 6. The van der Waals surface area contributed by atoms with Crippen molar-refractivity contribution in [2.45, 2.75) is 0 Å². The number of pyridine rings is 3. The van der Waals surface area contributed by atoms with Gasteiger partial charge in [-0.2, -0.15) is 0 Å². The molecule has 0 spiro atoms. The van der Waals surface area contributed by atoms with E-state index in [-0.39, 0.29) is 23.0 Å². The molecule has 10 aromatic rings. The maximum atomic E-state index is 12.6. The van der Waals surface area contributed by atoms with Gasteiger partial charge in [0.1, 0.15) is 34.2 Å². The maximum Gasteiger partial charge on any atom is 0.335 e. The van der Waals surface area contributed by atoms with Crippen LogP contribution in [0.3, 0.4) is 0 Å². The Morgan fingerprint density at radius 3 is 1.48 bits per heavy atom. The van der Waals surface area contributed by atoms with Crippen molar-refractivity contribution in [1.82, 2.24) is 24.9 Å². The number of methoxy groups -OCH3 is 4. The van der Waals surface area contributed by atoms with E-state index in [1.165, 1.54) is 45.7 Å². The molecule has 0 aliphatic rings. The number of aromatic carboxylic acids is 1. The highest BCUT2D eigenvalue weighted by Gasteiger charge is 2.14. The number of hydrogen-bond donors (Lipinski definition) is 6. The molecule has 0 atom stereocenters. The van der Waals surface area contributed by atoms with Gasteiger partial charge < -0.3 is 60.5 Å². The molecular formula is C54H48ClN9O11. The summed E-state index contributed by atoms with van der Waals surface area (Å²) in [7, 11) is 6.09. The number of aromatic nitrogens is 5. The first-order valence-electron chi connectivity index (χ1n) is 22.0. The molecule has 21 heteroatoms. The lowest BCUT2D eigenvalue weighted by Gasteiger charge is -2.10. The fourth-order valence-corrected chi connectivity index (χ4v) is 6.52. The van der Waals surface area contributed by atoms with Crippen molar-refractivity contribution >= 4 is 74.1 Å². The smallest absolute Gasteiger partial charge is 0.335 e. The number of ether oxygens (including phenoxy) is 4. The fraction of sp³-hybridized carbons (Fsp3) is 0.0741. The Kier molecular flexibility index (Phi) is 19.0. The van der Waals surface area contributed by atoms with Gasteiger partial charge in [-0.15, -0.1) is 0 Å². The second-order valence-electron chi connectivity index (χ2n) is 15.1. The number of aromatic hydroxyl groups is 1. The molecule has 0 saturated carbocycles. The highest BCUT2D eigenvalue weighted by Crippen LogP contribution is 2.30. The molecule has 5 aromatic carbocycles. The topological polar surface area (TPSA) is 309 Å². The monoisotopic (exact) mass is 1030 g/mol. The summed E-state index contributed by atoms with van der Waals surface area (Å²) in [5.74, 6) is 3.03. The van der Waals surface area contributed by atoms with E-state index in [9.17, 15) is 14.4 Å². The average Bonchev–Trinajstić information content (AvgIpc) is 4.08. The highest BCUT2D eigenvalue weighted by molar-refractivity contribution is 6.67. The molecule has 0 fully saturated rings. The van der Waals surface area contributed by atoms with Crippen LogP contribution in [-0.4, -0.2) is 80.7 Å². The van der Waals surface area contributed by atoms with Crippen molar-refractivity contribution in [3.63, 3.8) is 0 Å². The summed E-state index contributed by atoms with van der Waals surface area (Å²) in [6.07, 6.45) is 4.59. The molecule has 382 valence electrons. The highest BCUT2D eigenvalue weighted by atomic mass is 35.5. The summed E-state index contributed by atoms with van der Waals surface area (Å²) in [5, 5.41) is 19.5. The van der Waals surface area contributed by atoms with Crippen molar-refractivity contribution in [2.24, 2.45) is 0 Å². The number of nitrogens with zero attached hydrogens (tertiary/aromatic N) is 5. The van der Waals surface area contributed by atoms with Crippen molar-refractivity contribution in [3.05, 3.63) is 181 Å². The second kappa shape index (κ2) is 26.3. The van der Waals surface area contributed by atoms with Crippen molar-refractivity contribution in [1.29, 1.82) is 0 Å². The number of phenols is 1. The van der Waals surface area contributed by atoms with Crippen molar-refractivity contribution < 1.29 is 52.4 Å². The molecule has 75 heavy (non-hydrogen) atoms. The Morgan fingerprint density at radius 2 is 1.01 bits per heavy atom. The quantitative estimate of drug-likeness (QED) is 0.0421. The summed E-state index contributed by atoms with van der Waals surface area (Å²) >= 11 is 5.29. The Hall–Kier alpha value is -10.2. The van der Waals surface area contributed by atoms with Crippen molar-refractivity contribution in [3.8, 4) is 51.7 Å². The third-order valence-corrected chi connectivity index (χ3v) is 10.3. The molecule has 20 nitrogen and oxygen atoms in total. The van der Waals surface area contributed by atoms with Gasteiger partial charge in [0, 0.05) is 40.8 Å². The number of carboxylic acid groups (broad SMARTS) is 1. The van der Waals surface area contributed by atoms with Gasteiger partial charge in [0.25, 0.3) is 11.1 Å². The third-order valence-electron chi connectivity index (χ3n) is 10.1. The van der Waals surface area contributed by atoms with Crippen LogP contribution in [0.15, 0.2) is 173 Å². The molecule has 1 amide bonds. The molecular weight excluding hydrogens is 986 g/mol. The fourth-order valence-electron chi connectivity index (χ4n) is 6.40. The summed E-state index contributed by atoms with van der Waals surface area (Å²) < 4.78 is 31.8. The zero-order valence-electron chi connectivity index (χ0n) is 40.5. The number of phenolic OH excluding ortho intramolecular Hbond substituents is 1. The Balaban J connectivity index is 0.000000165. The number of carbonyl (C=O) groups is 3. The number of halogens is 1. The van der Waals surface area contributed by atoms with Crippen LogP contribution in [0.5, 0.6) is 28.7 Å². The van der Waals surface area contributed by atoms with Gasteiger partial charge in [0.15, 0.2) is 34.2 Å². The minimum absolute atomic E-state index is 0.146. The number of amides is 1. The van der Waals surface area contributed by atoms with E-state index in [2.05, 4.69) is 30.2 Å². The van der Waals surface area contributed by atoms with E-state index in [1.54, 1.807) is 92.3 Å². The Bertz CT molecular complexity index is 3470. The first-order chi connectivity index (χ1) is 36.2. The number of carbonyl (C=O) groups excluding carboxylic acids is 2. The first-order valence-corrected chi connectivity index (χ1v) is 22.4. The molecule has 5 aromatic heterocycles. The number of anilines is 4. The largest absolute Gasteiger partial charge is 0.506 e. The molecule has 0 aliphatic carbocycles. The lowest BCUT2D eigenvalue weighted by Crippen LogP contribution is -2.13. The summed E-state index contributed by atoms with van der Waals surface area (Å²) in [6.45, 7) is 0. The zero-order chi connectivity index (χ0) is 53.9. The number of nitrogens with one attached hydrogen (secondary N) is 1. The number of hydrogen-bond acceptors (Lipinski definition) is 18. The van der Waals surface area contributed by atoms with Gasteiger partial charge in [-0.3, -0.25) is 9.59 Å². The third kappa shape index (κ3) is 15.2. The van der Waals surface area contributed by atoms with Crippen molar-refractivity contribution in [2.75, 3.05) is 51.0 Å². The first kappa shape index (κ1) is 54.1. The van der Waals surface area contributed by atoms with Gasteiger partial charge in [0.2, 0.25) is 11.8 Å². The number of oxazole rings is 2. The van der Waals surface area contributed by atoms with Crippen LogP contribution in [0.4, 0.5) is 23.1 Å². The minimum Gasteiger partial charge on any atom is -0.506 e. The van der Waals surface area contributed by atoms with Gasteiger partial charge in [-0.05, 0) is 121 Å². The molecule has 0 radical (unpaired) electrons. The Labute approximate surface area is 433 Å². The lowest BCUT2D eigenvalue weighted by atomic mass is 10.2. The number of benzene rings is 5. The van der Waals surface area contributed by atoms with E-state index in [0.717, 1.165) is 22.2 Å². The molecule has 9 N–H and O–H groups in total. The summed E-state index contributed by atoms with van der Waals surface area (Å²) in [4.78, 5) is 54.2.